The van der Waals surface area contributed by atoms with Crippen molar-refractivity contribution in [3.05, 3.63) is 34.6 Å². The monoisotopic (exact) mass is 243 g/mol. The summed E-state index contributed by atoms with van der Waals surface area (Å²) in [5.41, 5.74) is 6.72. The molecule has 0 aliphatic heterocycles. The Hall–Kier alpha value is -0.600. The van der Waals surface area contributed by atoms with Gasteiger partial charge in [0.1, 0.15) is 5.82 Å². The van der Waals surface area contributed by atoms with Crippen molar-refractivity contribution in [1.82, 2.24) is 0 Å². The quantitative estimate of drug-likeness (QED) is 0.837. The van der Waals surface area contributed by atoms with Gasteiger partial charge in [-0.25, -0.2) is 4.39 Å². The van der Waals surface area contributed by atoms with Crippen LogP contribution >= 0.6 is 11.6 Å². The molecule has 0 spiro atoms. The highest BCUT2D eigenvalue weighted by Crippen LogP contribution is 2.32. The number of halogens is 2. The molecule has 1 aromatic carbocycles. The molecular formula is C13H19ClFN. The molecule has 0 atom stereocenters. The number of rotatable bonds is 5. The predicted octanol–water partition coefficient (Wildman–Crippen LogP) is 3.79. The molecule has 0 fully saturated rings. The van der Waals surface area contributed by atoms with Gasteiger partial charge in [-0.3, -0.25) is 0 Å². The normalized spacial score (nSPS) is 11.8. The summed E-state index contributed by atoms with van der Waals surface area (Å²) in [5.74, 6) is -0.238. The smallest absolute Gasteiger partial charge is 0.123 e. The van der Waals surface area contributed by atoms with Crippen molar-refractivity contribution in [3.63, 3.8) is 0 Å². The van der Waals surface area contributed by atoms with E-state index in [9.17, 15) is 4.39 Å². The first-order chi connectivity index (χ1) is 7.56. The zero-order chi connectivity index (χ0) is 12.2. The van der Waals surface area contributed by atoms with E-state index in [1.165, 1.54) is 12.1 Å². The van der Waals surface area contributed by atoms with Gasteiger partial charge in [-0.15, -0.1) is 0 Å². The molecule has 0 heterocycles. The Morgan fingerprint density at radius 2 is 1.94 bits per heavy atom. The van der Waals surface area contributed by atoms with Gasteiger partial charge < -0.3 is 5.73 Å². The molecule has 0 saturated carbocycles. The van der Waals surface area contributed by atoms with Crippen LogP contribution in [-0.2, 0) is 6.42 Å². The van der Waals surface area contributed by atoms with Crippen LogP contribution < -0.4 is 5.73 Å². The maximum atomic E-state index is 13.1. The van der Waals surface area contributed by atoms with Crippen molar-refractivity contribution in [1.29, 1.82) is 0 Å². The SMILES string of the molecule is CCC(CC)(CN)Cc1cc(F)ccc1Cl. The van der Waals surface area contributed by atoms with E-state index >= 15 is 0 Å². The van der Waals surface area contributed by atoms with Crippen LogP contribution in [0.25, 0.3) is 0 Å². The van der Waals surface area contributed by atoms with Gasteiger partial charge in [0.25, 0.3) is 0 Å². The van der Waals surface area contributed by atoms with Gasteiger partial charge in [0.05, 0.1) is 0 Å². The Morgan fingerprint density at radius 1 is 1.31 bits per heavy atom. The zero-order valence-corrected chi connectivity index (χ0v) is 10.6. The molecule has 1 aromatic rings. The minimum atomic E-state index is -0.238. The molecule has 0 saturated heterocycles. The van der Waals surface area contributed by atoms with E-state index in [0.717, 1.165) is 24.8 Å². The molecule has 0 aliphatic carbocycles. The summed E-state index contributed by atoms with van der Waals surface area (Å²) in [7, 11) is 0. The van der Waals surface area contributed by atoms with E-state index in [-0.39, 0.29) is 11.2 Å². The van der Waals surface area contributed by atoms with Gasteiger partial charge in [-0.05, 0) is 55.0 Å². The average molecular weight is 244 g/mol. The average Bonchev–Trinajstić information content (AvgIpc) is 2.31. The van der Waals surface area contributed by atoms with E-state index in [2.05, 4.69) is 13.8 Å². The van der Waals surface area contributed by atoms with E-state index < -0.39 is 0 Å². The second-order valence-electron chi connectivity index (χ2n) is 4.32. The third kappa shape index (κ3) is 2.96. The molecule has 0 bridgehead atoms. The Morgan fingerprint density at radius 3 is 2.44 bits per heavy atom. The van der Waals surface area contributed by atoms with Gasteiger partial charge in [-0.2, -0.15) is 0 Å². The molecule has 90 valence electrons. The fourth-order valence-corrected chi connectivity index (χ4v) is 2.13. The minimum Gasteiger partial charge on any atom is -0.330 e. The largest absolute Gasteiger partial charge is 0.330 e. The molecule has 3 heteroatoms. The minimum absolute atomic E-state index is 0.0391. The third-order valence-electron chi connectivity index (χ3n) is 3.51. The summed E-state index contributed by atoms with van der Waals surface area (Å²) in [6, 6.07) is 4.50. The molecule has 0 unspecified atom stereocenters. The standard InChI is InChI=1S/C13H19ClFN/c1-3-13(4-2,9-16)8-10-7-11(15)5-6-12(10)14/h5-7H,3-4,8-9,16H2,1-2H3. The fraction of sp³-hybridized carbons (Fsp3) is 0.538. The summed E-state index contributed by atoms with van der Waals surface area (Å²) in [6.45, 7) is 4.83. The molecule has 2 N–H and O–H groups in total. The van der Waals surface area contributed by atoms with Crippen LogP contribution in [0, 0.1) is 11.2 Å². The molecule has 1 rings (SSSR count). The Labute approximate surface area is 102 Å². The van der Waals surface area contributed by atoms with E-state index in [0.29, 0.717) is 11.6 Å². The second-order valence-corrected chi connectivity index (χ2v) is 4.73. The highest BCUT2D eigenvalue weighted by atomic mass is 35.5. The van der Waals surface area contributed by atoms with Crippen molar-refractivity contribution in [2.75, 3.05) is 6.54 Å². The molecule has 16 heavy (non-hydrogen) atoms. The van der Waals surface area contributed by atoms with Crippen LogP contribution in [-0.4, -0.2) is 6.54 Å². The molecule has 0 amide bonds. The number of nitrogens with two attached hydrogens (primary N) is 1. The lowest BCUT2D eigenvalue weighted by Crippen LogP contribution is -2.31. The highest BCUT2D eigenvalue weighted by Gasteiger charge is 2.25. The summed E-state index contributed by atoms with van der Waals surface area (Å²) in [4.78, 5) is 0. The summed E-state index contributed by atoms with van der Waals surface area (Å²) >= 11 is 6.07. The van der Waals surface area contributed by atoms with Crippen molar-refractivity contribution in [2.24, 2.45) is 11.1 Å². The van der Waals surface area contributed by atoms with Gasteiger partial charge in [0, 0.05) is 5.02 Å². The number of benzene rings is 1. The van der Waals surface area contributed by atoms with Crippen molar-refractivity contribution < 1.29 is 4.39 Å². The molecule has 1 nitrogen and oxygen atoms in total. The lowest BCUT2D eigenvalue weighted by molar-refractivity contribution is 0.271. The van der Waals surface area contributed by atoms with Gasteiger partial charge in [0.15, 0.2) is 0 Å². The van der Waals surface area contributed by atoms with Crippen LogP contribution in [0.15, 0.2) is 18.2 Å². The van der Waals surface area contributed by atoms with Gasteiger partial charge in [-0.1, -0.05) is 25.4 Å². The lowest BCUT2D eigenvalue weighted by Gasteiger charge is -2.30. The van der Waals surface area contributed by atoms with Crippen LogP contribution in [0.4, 0.5) is 4.39 Å². The summed E-state index contributed by atoms with van der Waals surface area (Å²) < 4.78 is 13.1. The number of hydrogen-bond acceptors (Lipinski definition) is 1. The first kappa shape index (κ1) is 13.5. The van der Waals surface area contributed by atoms with Gasteiger partial charge >= 0.3 is 0 Å². The van der Waals surface area contributed by atoms with Crippen LogP contribution in [0.2, 0.25) is 5.02 Å². The third-order valence-corrected chi connectivity index (χ3v) is 3.87. The first-order valence-electron chi connectivity index (χ1n) is 5.71. The highest BCUT2D eigenvalue weighted by molar-refractivity contribution is 6.31. The molecule has 0 radical (unpaired) electrons. The molecule has 0 aromatic heterocycles. The van der Waals surface area contributed by atoms with E-state index in [1.807, 2.05) is 0 Å². The number of hydrogen-bond donors (Lipinski definition) is 1. The summed E-state index contributed by atoms with van der Waals surface area (Å²) in [5, 5.41) is 0.626. The van der Waals surface area contributed by atoms with Crippen LogP contribution in [0.5, 0.6) is 0 Å². The molecule has 0 aliphatic rings. The van der Waals surface area contributed by atoms with Crippen molar-refractivity contribution in [2.45, 2.75) is 33.1 Å². The topological polar surface area (TPSA) is 26.0 Å². The van der Waals surface area contributed by atoms with Crippen LogP contribution in [0.3, 0.4) is 0 Å². The maximum Gasteiger partial charge on any atom is 0.123 e. The van der Waals surface area contributed by atoms with Crippen molar-refractivity contribution in [3.8, 4) is 0 Å². The zero-order valence-electron chi connectivity index (χ0n) is 9.89. The van der Waals surface area contributed by atoms with Crippen LogP contribution in [0.1, 0.15) is 32.3 Å². The first-order valence-corrected chi connectivity index (χ1v) is 6.08. The Bertz CT molecular complexity index is 340. The maximum absolute atomic E-state index is 13.1. The fourth-order valence-electron chi connectivity index (χ4n) is 1.94. The predicted molar refractivity (Wildman–Crippen MR) is 67.2 cm³/mol. The van der Waals surface area contributed by atoms with Gasteiger partial charge in [0.2, 0.25) is 0 Å². The molecular weight excluding hydrogens is 225 g/mol. The summed E-state index contributed by atoms with van der Waals surface area (Å²) in [6.07, 6.45) is 2.70. The Balaban J connectivity index is 2.97. The van der Waals surface area contributed by atoms with E-state index in [1.54, 1.807) is 6.07 Å². The second kappa shape index (κ2) is 5.65. The van der Waals surface area contributed by atoms with Crippen molar-refractivity contribution >= 4 is 11.6 Å². The lowest BCUT2D eigenvalue weighted by atomic mass is 9.77. The Kier molecular flexibility index (Phi) is 4.75. The van der Waals surface area contributed by atoms with E-state index in [4.69, 9.17) is 17.3 Å².